The van der Waals surface area contributed by atoms with Crippen molar-refractivity contribution in [3.8, 4) is 28.2 Å². The number of rotatable bonds is 9. The van der Waals surface area contributed by atoms with Crippen LogP contribution >= 0.6 is 0 Å². The molecule has 0 unspecified atom stereocenters. The summed E-state index contributed by atoms with van der Waals surface area (Å²) in [5, 5.41) is 14.6. The average molecular weight is 521 g/mol. The van der Waals surface area contributed by atoms with Crippen LogP contribution in [0.25, 0.3) is 28.2 Å². The van der Waals surface area contributed by atoms with Gasteiger partial charge in [0, 0.05) is 17.5 Å². The second-order valence-electron chi connectivity index (χ2n) is 10.7. The molecule has 5 aromatic rings. The minimum absolute atomic E-state index is 0.0139. The summed E-state index contributed by atoms with van der Waals surface area (Å²) in [5.74, 6) is 1.19. The van der Waals surface area contributed by atoms with Crippen LogP contribution in [0.4, 0.5) is 0 Å². The zero-order valence-electron chi connectivity index (χ0n) is 23.3. The predicted octanol–water partition coefficient (Wildman–Crippen LogP) is 6.73. The van der Waals surface area contributed by atoms with Gasteiger partial charge in [0.2, 0.25) is 5.82 Å². The number of nitrogens with zero attached hydrogens (tertiary/aromatic N) is 5. The lowest BCUT2D eigenvalue weighted by atomic mass is 9.92. The normalized spacial score (nSPS) is 11.6. The zero-order chi connectivity index (χ0) is 27.5. The Balaban J connectivity index is 1.53. The molecule has 2 heterocycles. The molecule has 0 aliphatic carbocycles. The Morgan fingerprint density at radius 2 is 1.51 bits per heavy atom. The molecule has 5 rings (SSSR count). The van der Waals surface area contributed by atoms with Crippen LogP contribution in [-0.2, 0) is 13.0 Å². The number of aromatic amines is 1. The van der Waals surface area contributed by atoms with Crippen LogP contribution in [0.1, 0.15) is 75.3 Å². The summed E-state index contributed by atoms with van der Waals surface area (Å²) in [4.78, 5) is 14.0. The van der Waals surface area contributed by atoms with E-state index in [0.717, 1.165) is 46.5 Å². The first-order chi connectivity index (χ1) is 18.9. The molecule has 1 N–H and O–H groups in total. The third-order valence-corrected chi connectivity index (χ3v) is 7.27. The molecule has 0 saturated carbocycles. The van der Waals surface area contributed by atoms with Crippen molar-refractivity contribution in [1.82, 2.24) is 29.8 Å². The Kier molecular flexibility index (Phi) is 7.59. The number of hydrogen-bond donors (Lipinski definition) is 1. The van der Waals surface area contributed by atoms with Crippen LogP contribution < -0.4 is 5.69 Å². The first kappa shape index (κ1) is 26.4. The number of imidazole rings is 1. The monoisotopic (exact) mass is 520 g/mol. The lowest BCUT2D eigenvalue weighted by Crippen LogP contribution is -2.26. The Labute approximate surface area is 229 Å². The Morgan fingerprint density at radius 3 is 2.10 bits per heavy atom. The largest absolute Gasteiger partial charge is 0.333 e. The van der Waals surface area contributed by atoms with Crippen molar-refractivity contribution < 1.29 is 0 Å². The SMILES string of the molecule is CCCc1cn(-c2c(C(C)C)cccc2C(C)C)c(=O)n1Cc1ccc(-c2ccccc2-c2nn[nH]n2)cc1. The van der Waals surface area contributed by atoms with E-state index >= 15 is 0 Å². The van der Waals surface area contributed by atoms with Crippen molar-refractivity contribution in [2.24, 2.45) is 0 Å². The van der Waals surface area contributed by atoms with E-state index in [1.54, 1.807) is 0 Å². The van der Waals surface area contributed by atoms with Crippen LogP contribution in [0.2, 0.25) is 0 Å². The molecule has 0 aliphatic heterocycles. The lowest BCUT2D eigenvalue weighted by Gasteiger charge is -2.19. The van der Waals surface area contributed by atoms with Crippen LogP contribution in [0.15, 0.2) is 77.7 Å². The Morgan fingerprint density at radius 1 is 0.846 bits per heavy atom. The zero-order valence-corrected chi connectivity index (χ0v) is 23.3. The molecule has 0 radical (unpaired) electrons. The van der Waals surface area contributed by atoms with Gasteiger partial charge in [0.25, 0.3) is 0 Å². The first-order valence-electron chi connectivity index (χ1n) is 13.7. The molecule has 7 nitrogen and oxygen atoms in total. The third kappa shape index (κ3) is 5.21. The minimum atomic E-state index is 0.0139. The molecule has 0 aliphatic rings. The van der Waals surface area contributed by atoms with Crippen LogP contribution in [0, 0.1) is 0 Å². The molecule has 3 aromatic carbocycles. The van der Waals surface area contributed by atoms with Gasteiger partial charge in [-0.1, -0.05) is 108 Å². The van der Waals surface area contributed by atoms with Gasteiger partial charge in [-0.2, -0.15) is 5.21 Å². The van der Waals surface area contributed by atoms with Crippen LogP contribution in [-0.4, -0.2) is 29.8 Å². The van der Waals surface area contributed by atoms with Crippen molar-refractivity contribution in [2.45, 2.75) is 65.8 Å². The van der Waals surface area contributed by atoms with Crippen molar-refractivity contribution in [1.29, 1.82) is 0 Å². The van der Waals surface area contributed by atoms with E-state index in [2.05, 4.69) is 110 Å². The van der Waals surface area contributed by atoms with E-state index in [-0.39, 0.29) is 5.69 Å². The standard InChI is InChI=1S/C32H36N6O/c1-6-10-25-20-38(30-26(21(2)3)13-9-14-27(30)22(4)5)32(39)37(25)19-23-15-17-24(18-16-23)28-11-7-8-12-29(28)31-33-35-36-34-31/h7-9,11-18,20-22H,6,10,19H2,1-5H3,(H,33,34,35,36). The smallest absolute Gasteiger partial charge is 0.292 e. The van der Waals surface area contributed by atoms with Gasteiger partial charge in [-0.3, -0.25) is 9.13 Å². The number of aryl methyl sites for hydroxylation is 1. The van der Waals surface area contributed by atoms with Gasteiger partial charge in [0.15, 0.2) is 0 Å². The first-order valence-corrected chi connectivity index (χ1v) is 13.7. The summed E-state index contributed by atoms with van der Waals surface area (Å²) >= 11 is 0. The van der Waals surface area contributed by atoms with Gasteiger partial charge in [-0.25, -0.2) is 4.79 Å². The highest BCUT2D eigenvalue weighted by atomic mass is 16.1. The molecule has 0 saturated heterocycles. The highest BCUT2D eigenvalue weighted by molar-refractivity contribution is 5.80. The summed E-state index contributed by atoms with van der Waals surface area (Å²) in [5.41, 5.74) is 8.61. The fourth-order valence-electron chi connectivity index (χ4n) is 5.28. The van der Waals surface area contributed by atoms with Crippen LogP contribution in [0.5, 0.6) is 0 Å². The number of H-pyrrole nitrogens is 1. The topological polar surface area (TPSA) is 81.4 Å². The fraction of sp³-hybridized carbons (Fsp3) is 0.312. The van der Waals surface area contributed by atoms with E-state index in [9.17, 15) is 4.79 Å². The van der Waals surface area contributed by atoms with Gasteiger partial charge >= 0.3 is 5.69 Å². The third-order valence-electron chi connectivity index (χ3n) is 7.27. The van der Waals surface area contributed by atoms with E-state index in [1.807, 2.05) is 27.3 Å². The molecule has 0 atom stereocenters. The Hall–Kier alpha value is -4.26. The molecular formula is C32H36N6O. The number of para-hydroxylation sites is 1. The molecule has 0 spiro atoms. The lowest BCUT2D eigenvalue weighted by molar-refractivity contribution is 0.688. The maximum atomic E-state index is 14.0. The quantitative estimate of drug-likeness (QED) is 0.234. The number of tetrazole rings is 1. The number of hydrogen-bond acceptors (Lipinski definition) is 4. The minimum Gasteiger partial charge on any atom is -0.292 e. The fourth-order valence-corrected chi connectivity index (χ4v) is 5.28. The predicted molar refractivity (Wildman–Crippen MR) is 156 cm³/mol. The highest BCUT2D eigenvalue weighted by Crippen LogP contribution is 2.32. The summed E-state index contributed by atoms with van der Waals surface area (Å²) in [6.07, 6.45) is 3.88. The molecular weight excluding hydrogens is 484 g/mol. The molecule has 39 heavy (non-hydrogen) atoms. The van der Waals surface area contributed by atoms with Gasteiger partial charge in [0.1, 0.15) is 0 Å². The van der Waals surface area contributed by atoms with E-state index in [4.69, 9.17) is 0 Å². The summed E-state index contributed by atoms with van der Waals surface area (Å²) in [7, 11) is 0. The number of benzene rings is 3. The van der Waals surface area contributed by atoms with Crippen molar-refractivity contribution in [3.63, 3.8) is 0 Å². The van der Waals surface area contributed by atoms with Crippen molar-refractivity contribution in [2.75, 3.05) is 0 Å². The van der Waals surface area contributed by atoms with Gasteiger partial charge in [-0.15, -0.1) is 10.2 Å². The van der Waals surface area contributed by atoms with E-state index < -0.39 is 0 Å². The van der Waals surface area contributed by atoms with E-state index in [1.165, 1.54) is 11.1 Å². The van der Waals surface area contributed by atoms with Crippen molar-refractivity contribution in [3.05, 3.63) is 106 Å². The number of aromatic nitrogens is 6. The summed E-state index contributed by atoms with van der Waals surface area (Å²) in [6.45, 7) is 11.4. The molecule has 200 valence electrons. The average Bonchev–Trinajstić information content (AvgIpc) is 3.58. The van der Waals surface area contributed by atoms with Crippen molar-refractivity contribution >= 4 is 0 Å². The molecule has 0 amide bonds. The van der Waals surface area contributed by atoms with Crippen LogP contribution in [0.3, 0.4) is 0 Å². The maximum absolute atomic E-state index is 14.0. The molecule has 0 fully saturated rings. The van der Waals surface area contributed by atoms with E-state index in [0.29, 0.717) is 24.2 Å². The number of nitrogens with one attached hydrogen (secondary N) is 1. The molecule has 2 aromatic heterocycles. The highest BCUT2D eigenvalue weighted by Gasteiger charge is 2.20. The second-order valence-corrected chi connectivity index (χ2v) is 10.7. The molecule has 0 bridgehead atoms. The van der Waals surface area contributed by atoms with Gasteiger partial charge in [-0.05, 0) is 51.3 Å². The second kappa shape index (κ2) is 11.2. The summed E-state index contributed by atoms with van der Waals surface area (Å²) < 4.78 is 3.83. The van der Waals surface area contributed by atoms with Gasteiger partial charge < -0.3 is 0 Å². The summed E-state index contributed by atoms with van der Waals surface area (Å²) in [6, 6.07) is 22.8. The maximum Gasteiger partial charge on any atom is 0.333 e. The van der Waals surface area contributed by atoms with Gasteiger partial charge in [0.05, 0.1) is 12.2 Å². The molecule has 7 heteroatoms. The Bertz CT molecular complexity index is 1580.